The van der Waals surface area contributed by atoms with E-state index in [1.54, 1.807) is 36.4 Å². The molecule has 0 aliphatic heterocycles. The lowest BCUT2D eigenvalue weighted by atomic mass is 10.2. The van der Waals surface area contributed by atoms with Crippen LogP contribution < -0.4 is 15.4 Å². The number of nitrogens with one attached hydrogen (secondary N) is 2. The molecule has 7 heteroatoms. The number of amides is 2. The number of hydrogen-bond acceptors (Lipinski definition) is 4. The predicted octanol–water partition coefficient (Wildman–Crippen LogP) is 4.16. The molecule has 0 aliphatic rings. The van der Waals surface area contributed by atoms with Gasteiger partial charge < -0.3 is 19.8 Å². The number of furan rings is 1. The first-order valence-electron chi connectivity index (χ1n) is 8.65. The van der Waals surface area contributed by atoms with Crippen LogP contribution in [0.3, 0.4) is 0 Å². The molecule has 0 fully saturated rings. The molecule has 28 heavy (non-hydrogen) atoms. The van der Waals surface area contributed by atoms with Crippen molar-refractivity contribution in [2.75, 3.05) is 5.32 Å². The van der Waals surface area contributed by atoms with Crippen molar-refractivity contribution >= 4 is 29.1 Å². The third-order valence-corrected chi connectivity index (χ3v) is 4.07. The van der Waals surface area contributed by atoms with Crippen LogP contribution in [0.4, 0.5) is 5.69 Å². The van der Waals surface area contributed by atoms with E-state index in [1.807, 2.05) is 24.3 Å². The van der Waals surface area contributed by atoms with Gasteiger partial charge in [-0.15, -0.1) is 0 Å². The third kappa shape index (κ3) is 6.17. The molecule has 0 bridgehead atoms. The van der Waals surface area contributed by atoms with E-state index in [1.165, 1.54) is 6.26 Å². The minimum Gasteiger partial charge on any atom is -0.489 e. The van der Waals surface area contributed by atoms with Crippen LogP contribution in [-0.2, 0) is 22.7 Å². The van der Waals surface area contributed by atoms with E-state index in [0.29, 0.717) is 28.8 Å². The second kappa shape index (κ2) is 9.62. The Balaban J connectivity index is 1.42. The maximum Gasteiger partial charge on any atom is 0.233 e. The highest BCUT2D eigenvalue weighted by atomic mass is 35.5. The van der Waals surface area contributed by atoms with Crippen molar-refractivity contribution in [3.63, 3.8) is 0 Å². The topological polar surface area (TPSA) is 80.6 Å². The van der Waals surface area contributed by atoms with E-state index >= 15 is 0 Å². The van der Waals surface area contributed by atoms with Crippen LogP contribution in [0.2, 0.25) is 5.02 Å². The maximum atomic E-state index is 12.0. The summed E-state index contributed by atoms with van der Waals surface area (Å²) in [6, 6.07) is 17.8. The number of benzene rings is 2. The van der Waals surface area contributed by atoms with Crippen LogP contribution in [-0.4, -0.2) is 11.8 Å². The number of carbonyl (C=O) groups excluding carboxylic acids is 2. The second-order valence-corrected chi connectivity index (χ2v) is 6.46. The summed E-state index contributed by atoms with van der Waals surface area (Å²) >= 11 is 5.86. The van der Waals surface area contributed by atoms with Crippen molar-refractivity contribution in [2.45, 2.75) is 19.6 Å². The fraction of sp³-hybridized carbons (Fsp3) is 0.143. The van der Waals surface area contributed by atoms with Crippen molar-refractivity contribution in [1.82, 2.24) is 5.32 Å². The summed E-state index contributed by atoms with van der Waals surface area (Å²) in [7, 11) is 0. The molecule has 3 rings (SSSR count). The van der Waals surface area contributed by atoms with Crippen molar-refractivity contribution in [3.8, 4) is 5.75 Å². The molecule has 3 aromatic rings. The first-order chi connectivity index (χ1) is 13.6. The highest BCUT2D eigenvalue weighted by Gasteiger charge is 2.10. The van der Waals surface area contributed by atoms with Crippen LogP contribution >= 0.6 is 11.6 Å². The fourth-order valence-electron chi connectivity index (χ4n) is 2.39. The average molecular weight is 399 g/mol. The molecule has 0 atom stereocenters. The number of halogens is 1. The van der Waals surface area contributed by atoms with Gasteiger partial charge in [0.1, 0.15) is 24.5 Å². The van der Waals surface area contributed by atoms with Gasteiger partial charge in [0.2, 0.25) is 11.8 Å². The highest BCUT2D eigenvalue weighted by Crippen LogP contribution is 2.18. The predicted molar refractivity (Wildman–Crippen MR) is 106 cm³/mol. The Kier molecular flexibility index (Phi) is 6.70. The Labute approximate surface area is 167 Å². The molecule has 0 aliphatic carbocycles. The number of anilines is 1. The minimum atomic E-state index is -0.397. The van der Waals surface area contributed by atoms with E-state index in [4.69, 9.17) is 20.8 Å². The maximum absolute atomic E-state index is 12.0. The molecule has 2 aromatic carbocycles. The van der Waals surface area contributed by atoms with Gasteiger partial charge in [-0.3, -0.25) is 9.59 Å². The third-order valence-electron chi connectivity index (χ3n) is 3.82. The molecule has 0 unspecified atom stereocenters. The number of hydrogen-bond donors (Lipinski definition) is 2. The molecule has 2 N–H and O–H groups in total. The molecule has 1 heterocycles. The van der Waals surface area contributed by atoms with Gasteiger partial charge in [-0.05, 0) is 54.1 Å². The van der Waals surface area contributed by atoms with Gasteiger partial charge >= 0.3 is 0 Å². The Hall–Kier alpha value is -3.25. The van der Waals surface area contributed by atoms with Gasteiger partial charge in [0.15, 0.2) is 0 Å². The normalized spacial score (nSPS) is 10.3. The summed E-state index contributed by atoms with van der Waals surface area (Å²) in [4.78, 5) is 23.8. The molecular formula is C21H19ClN2O4. The van der Waals surface area contributed by atoms with Crippen LogP contribution in [0.5, 0.6) is 5.75 Å². The number of carbonyl (C=O) groups is 2. The zero-order chi connectivity index (χ0) is 19.8. The summed E-state index contributed by atoms with van der Waals surface area (Å²) in [5.74, 6) is 0.524. The molecule has 6 nitrogen and oxygen atoms in total. The van der Waals surface area contributed by atoms with Crippen molar-refractivity contribution < 1.29 is 18.7 Å². The van der Waals surface area contributed by atoms with Crippen molar-refractivity contribution in [3.05, 3.63) is 83.3 Å². The van der Waals surface area contributed by atoms with Gasteiger partial charge in [0.05, 0.1) is 12.8 Å². The van der Waals surface area contributed by atoms with E-state index < -0.39 is 5.91 Å². The van der Waals surface area contributed by atoms with Gasteiger partial charge in [0, 0.05) is 10.7 Å². The first kappa shape index (κ1) is 19.5. The summed E-state index contributed by atoms with van der Waals surface area (Å²) in [5, 5.41) is 5.98. The fourth-order valence-corrected chi connectivity index (χ4v) is 2.52. The average Bonchev–Trinajstić information content (AvgIpc) is 3.21. The van der Waals surface area contributed by atoms with E-state index in [9.17, 15) is 9.59 Å². The molecule has 144 valence electrons. The molecule has 0 spiro atoms. The Morgan fingerprint density at radius 1 is 0.964 bits per heavy atom. The summed E-state index contributed by atoms with van der Waals surface area (Å²) in [5.41, 5.74) is 1.59. The van der Waals surface area contributed by atoms with Crippen LogP contribution in [0.15, 0.2) is 71.3 Å². The van der Waals surface area contributed by atoms with Crippen LogP contribution in [0, 0.1) is 0 Å². The van der Waals surface area contributed by atoms with E-state index in [0.717, 1.165) is 5.56 Å². The van der Waals surface area contributed by atoms with E-state index in [2.05, 4.69) is 10.6 Å². The highest BCUT2D eigenvalue weighted by molar-refractivity contribution is 6.30. The van der Waals surface area contributed by atoms with Crippen molar-refractivity contribution in [2.24, 2.45) is 0 Å². The minimum absolute atomic E-state index is 0.249. The molecular weight excluding hydrogens is 380 g/mol. The van der Waals surface area contributed by atoms with Gasteiger partial charge in [-0.2, -0.15) is 0 Å². The van der Waals surface area contributed by atoms with Gasteiger partial charge in [-0.25, -0.2) is 0 Å². The lowest BCUT2D eigenvalue weighted by Gasteiger charge is -2.09. The molecule has 0 radical (unpaired) electrons. The Morgan fingerprint density at radius 3 is 2.39 bits per heavy atom. The van der Waals surface area contributed by atoms with Crippen LogP contribution in [0.1, 0.15) is 17.7 Å². The zero-order valence-corrected chi connectivity index (χ0v) is 15.7. The Bertz CT molecular complexity index is 907. The Morgan fingerprint density at radius 2 is 1.71 bits per heavy atom. The molecule has 0 saturated heterocycles. The number of rotatable bonds is 8. The van der Waals surface area contributed by atoms with E-state index in [-0.39, 0.29) is 18.9 Å². The summed E-state index contributed by atoms with van der Waals surface area (Å²) in [6.07, 6.45) is 1.26. The quantitative estimate of drug-likeness (QED) is 0.558. The van der Waals surface area contributed by atoms with Crippen LogP contribution in [0.25, 0.3) is 0 Å². The lowest BCUT2D eigenvalue weighted by Crippen LogP contribution is -2.27. The monoisotopic (exact) mass is 398 g/mol. The zero-order valence-electron chi connectivity index (χ0n) is 15.0. The summed E-state index contributed by atoms with van der Waals surface area (Å²) < 4.78 is 10.8. The standard InChI is InChI=1S/C21H19ClN2O4/c22-16-5-3-15(4-6-16)14-28-18-9-7-17(8-10-18)24-21(26)12-20(25)23-13-19-2-1-11-27-19/h1-11H,12-14H2,(H,23,25)(H,24,26). The molecule has 0 saturated carbocycles. The first-order valence-corrected chi connectivity index (χ1v) is 9.02. The van der Waals surface area contributed by atoms with Crippen molar-refractivity contribution in [1.29, 1.82) is 0 Å². The molecule has 1 aromatic heterocycles. The summed E-state index contributed by atoms with van der Waals surface area (Å²) in [6.45, 7) is 0.664. The SMILES string of the molecule is O=C(CC(=O)Nc1ccc(OCc2ccc(Cl)cc2)cc1)NCc1ccco1. The smallest absolute Gasteiger partial charge is 0.233 e. The lowest BCUT2D eigenvalue weighted by molar-refractivity contribution is -0.127. The second-order valence-electron chi connectivity index (χ2n) is 6.02. The van der Waals surface area contributed by atoms with Gasteiger partial charge in [0.25, 0.3) is 0 Å². The largest absolute Gasteiger partial charge is 0.489 e. The van der Waals surface area contributed by atoms with Gasteiger partial charge in [-0.1, -0.05) is 23.7 Å². The number of ether oxygens (including phenoxy) is 1. The molecule has 2 amide bonds.